The zero-order valence-corrected chi connectivity index (χ0v) is 14.9. The molecule has 1 saturated carbocycles. The lowest BCUT2D eigenvalue weighted by atomic mass is 9.99. The molecule has 2 aromatic heterocycles. The first-order valence-corrected chi connectivity index (χ1v) is 9.15. The van der Waals surface area contributed by atoms with Gasteiger partial charge in [-0.25, -0.2) is 9.97 Å². The first-order valence-electron chi connectivity index (χ1n) is 9.15. The van der Waals surface area contributed by atoms with Gasteiger partial charge in [-0.1, -0.05) is 19.1 Å². The number of aromatic amines is 1. The number of fused-ring (bicyclic) bond motifs is 2. The quantitative estimate of drug-likeness (QED) is 0.678. The van der Waals surface area contributed by atoms with Gasteiger partial charge < -0.3 is 15.6 Å². The Hall–Kier alpha value is -2.89. The average molecular weight is 347 g/mol. The minimum atomic E-state index is -0.0149. The number of H-pyrrole nitrogens is 1. The largest absolute Gasteiger partial charge is 0.366 e. The molecule has 0 saturated heterocycles. The molecule has 132 valence electrons. The summed E-state index contributed by atoms with van der Waals surface area (Å²) in [5.41, 5.74) is 6.26. The summed E-state index contributed by atoms with van der Waals surface area (Å²) >= 11 is 0. The number of carbonyl (C=O) groups excluding carboxylic acids is 1. The minimum Gasteiger partial charge on any atom is -0.366 e. The van der Waals surface area contributed by atoms with Crippen molar-refractivity contribution in [2.75, 3.05) is 11.9 Å². The molecular formula is C20H21N5O. The van der Waals surface area contributed by atoms with E-state index >= 15 is 0 Å². The molecule has 1 amide bonds. The van der Waals surface area contributed by atoms with Crippen molar-refractivity contribution >= 4 is 22.8 Å². The fraction of sp³-hybridized carbons (Fsp3) is 0.350. The molecule has 3 aromatic rings. The maximum atomic E-state index is 12.2. The Bertz CT molecular complexity index is 1030. The van der Waals surface area contributed by atoms with Gasteiger partial charge in [0, 0.05) is 35.5 Å². The molecule has 0 unspecified atom stereocenters. The highest BCUT2D eigenvalue weighted by Crippen LogP contribution is 2.33. The fourth-order valence-electron chi connectivity index (χ4n) is 3.58. The molecule has 3 N–H and O–H groups in total. The van der Waals surface area contributed by atoms with E-state index in [2.05, 4.69) is 22.5 Å². The van der Waals surface area contributed by atoms with Crippen molar-refractivity contribution in [2.24, 2.45) is 0 Å². The number of nitrogens with zero attached hydrogens (tertiary/aromatic N) is 2. The van der Waals surface area contributed by atoms with Crippen LogP contribution in [0.2, 0.25) is 0 Å². The number of carbonyl (C=O) groups is 1. The van der Waals surface area contributed by atoms with E-state index in [1.165, 1.54) is 12.8 Å². The minimum absolute atomic E-state index is 0.0149. The highest BCUT2D eigenvalue weighted by Gasteiger charge is 2.26. The van der Waals surface area contributed by atoms with Crippen LogP contribution in [0, 0.1) is 6.92 Å². The second-order valence-corrected chi connectivity index (χ2v) is 7.37. The molecule has 1 aromatic carbocycles. The first-order chi connectivity index (χ1) is 12.6. The Balaban J connectivity index is 1.67. The van der Waals surface area contributed by atoms with Crippen molar-refractivity contribution in [3.05, 3.63) is 41.2 Å². The molecule has 6 heteroatoms. The Morgan fingerprint density at radius 1 is 1.19 bits per heavy atom. The third-order valence-electron chi connectivity index (χ3n) is 5.23. The summed E-state index contributed by atoms with van der Waals surface area (Å²) in [6.07, 6.45) is 2.38. The number of para-hydroxylation sites is 1. The number of nitrogens with one attached hydrogen (secondary N) is 3. The van der Waals surface area contributed by atoms with E-state index in [1.807, 2.05) is 31.2 Å². The normalized spacial score (nSPS) is 19.3. The van der Waals surface area contributed by atoms with Gasteiger partial charge in [-0.3, -0.25) is 4.79 Å². The van der Waals surface area contributed by atoms with Crippen molar-refractivity contribution < 1.29 is 4.79 Å². The SMILES string of the molecule is Cc1nc2cccc(-c3cc4c([nH]3)[C@H](C)CNC4=O)c2nc1NC1CC1. The van der Waals surface area contributed by atoms with Crippen molar-refractivity contribution in [1.29, 1.82) is 0 Å². The van der Waals surface area contributed by atoms with E-state index in [-0.39, 0.29) is 11.8 Å². The highest BCUT2D eigenvalue weighted by molar-refractivity contribution is 6.00. The number of amides is 1. The van der Waals surface area contributed by atoms with E-state index in [0.717, 1.165) is 45.1 Å². The van der Waals surface area contributed by atoms with Crippen LogP contribution in [0.3, 0.4) is 0 Å². The zero-order valence-electron chi connectivity index (χ0n) is 14.9. The number of aromatic nitrogens is 3. The van der Waals surface area contributed by atoms with Crippen molar-refractivity contribution in [1.82, 2.24) is 20.3 Å². The van der Waals surface area contributed by atoms with Gasteiger partial charge in [0.2, 0.25) is 0 Å². The molecule has 3 heterocycles. The molecule has 5 rings (SSSR count). The summed E-state index contributed by atoms with van der Waals surface area (Å²) in [5.74, 6) is 1.11. The molecule has 26 heavy (non-hydrogen) atoms. The highest BCUT2D eigenvalue weighted by atomic mass is 16.1. The molecule has 0 radical (unpaired) electrons. The maximum Gasteiger partial charge on any atom is 0.253 e. The van der Waals surface area contributed by atoms with Gasteiger partial charge in [-0.05, 0) is 31.9 Å². The Labute approximate surface area is 151 Å². The maximum absolute atomic E-state index is 12.2. The van der Waals surface area contributed by atoms with E-state index in [9.17, 15) is 4.79 Å². The van der Waals surface area contributed by atoms with Crippen LogP contribution in [0.4, 0.5) is 5.82 Å². The second kappa shape index (κ2) is 5.56. The Morgan fingerprint density at radius 2 is 2.04 bits per heavy atom. The lowest BCUT2D eigenvalue weighted by molar-refractivity contribution is 0.0941. The predicted octanol–water partition coefficient (Wildman–Crippen LogP) is 3.35. The molecule has 1 fully saturated rings. The monoisotopic (exact) mass is 347 g/mol. The molecule has 0 bridgehead atoms. The van der Waals surface area contributed by atoms with E-state index in [4.69, 9.17) is 9.97 Å². The molecular weight excluding hydrogens is 326 g/mol. The van der Waals surface area contributed by atoms with Crippen LogP contribution in [-0.2, 0) is 0 Å². The summed E-state index contributed by atoms with van der Waals surface area (Å²) < 4.78 is 0. The van der Waals surface area contributed by atoms with Crippen molar-refractivity contribution in [3.63, 3.8) is 0 Å². The molecule has 1 aliphatic carbocycles. The van der Waals surface area contributed by atoms with Crippen LogP contribution in [0.15, 0.2) is 24.3 Å². The number of anilines is 1. The first kappa shape index (κ1) is 15.4. The Morgan fingerprint density at radius 3 is 2.81 bits per heavy atom. The third-order valence-corrected chi connectivity index (χ3v) is 5.23. The number of hydrogen-bond donors (Lipinski definition) is 3. The number of rotatable bonds is 3. The summed E-state index contributed by atoms with van der Waals surface area (Å²) in [4.78, 5) is 25.3. The second-order valence-electron chi connectivity index (χ2n) is 7.37. The lowest BCUT2D eigenvalue weighted by Crippen LogP contribution is -2.33. The summed E-state index contributed by atoms with van der Waals surface area (Å²) in [5, 5.41) is 6.41. The summed E-state index contributed by atoms with van der Waals surface area (Å²) in [6, 6.07) is 8.47. The predicted molar refractivity (Wildman–Crippen MR) is 101 cm³/mol. The summed E-state index contributed by atoms with van der Waals surface area (Å²) in [6.45, 7) is 4.77. The van der Waals surface area contributed by atoms with E-state index in [0.29, 0.717) is 12.6 Å². The molecule has 6 nitrogen and oxygen atoms in total. The van der Waals surface area contributed by atoms with Gasteiger partial charge in [-0.2, -0.15) is 0 Å². The van der Waals surface area contributed by atoms with Crippen LogP contribution < -0.4 is 10.6 Å². The lowest BCUT2D eigenvalue weighted by Gasteiger charge is -2.18. The number of aryl methyl sites for hydroxylation is 1. The van der Waals surface area contributed by atoms with E-state index in [1.54, 1.807) is 0 Å². The number of hydrogen-bond acceptors (Lipinski definition) is 4. The van der Waals surface area contributed by atoms with Gasteiger partial charge in [0.25, 0.3) is 5.91 Å². The Kier molecular flexibility index (Phi) is 3.29. The summed E-state index contributed by atoms with van der Waals surface area (Å²) in [7, 11) is 0. The van der Waals surface area contributed by atoms with Crippen LogP contribution >= 0.6 is 0 Å². The smallest absolute Gasteiger partial charge is 0.253 e. The van der Waals surface area contributed by atoms with Crippen LogP contribution in [0.25, 0.3) is 22.3 Å². The fourth-order valence-corrected chi connectivity index (χ4v) is 3.58. The third kappa shape index (κ3) is 2.44. The standard InChI is InChI=1S/C20H21N5O/c1-10-9-21-20(26)14-8-16(24-17(10)14)13-4-3-5-15-18(13)25-19(11(2)22-15)23-12-6-7-12/h3-5,8,10,12,24H,6-7,9H2,1-2H3,(H,21,26)(H,23,25)/t10-/m1/s1. The van der Waals surface area contributed by atoms with Crippen LogP contribution in [0.5, 0.6) is 0 Å². The van der Waals surface area contributed by atoms with Gasteiger partial charge in [0.05, 0.1) is 16.8 Å². The van der Waals surface area contributed by atoms with Crippen LogP contribution in [0.1, 0.15) is 47.4 Å². The zero-order chi connectivity index (χ0) is 17.8. The molecule has 0 spiro atoms. The van der Waals surface area contributed by atoms with Crippen molar-refractivity contribution in [3.8, 4) is 11.3 Å². The molecule has 2 aliphatic rings. The van der Waals surface area contributed by atoms with Gasteiger partial charge in [0.15, 0.2) is 0 Å². The van der Waals surface area contributed by atoms with Crippen LogP contribution in [-0.4, -0.2) is 33.4 Å². The van der Waals surface area contributed by atoms with E-state index < -0.39 is 0 Å². The van der Waals surface area contributed by atoms with Gasteiger partial charge in [-0.15, -0.1) is 0 Å². The number of benzene rings is 1. The average Bonchev–Trinajstić information content (AvgIpc) is 3.32. The van der Waals surface area contributed by atoms with Gasteiger partial charge >= 0.3 is 0 Å². The topological polar surface area (TPSA) is 82.7 Å². The van der Waals surface area contributed by atoms with Gasteiger partial charge in [0.1, 0.15) is 11.3 Å². The van der Waals surface area contributed by atoms with Crippen molar-refractivity contribution in [2.45, 2.75) is 38.6 Å². The molecule has 1 aliphatic heterocycles. The molecule has 1 atom stereocenters.